The lowest BCUT2D eigenvalue weighted by Gasteiger charge is -2.17. The highest BCUT2D eigenvalue weighted by Crippen LogP contribution is 2.21. The number of carbonyl (C=O) groups excluding carboxylic acids is 1. The zero-order chi connectivity index (χ0) is 16.1. The lowest BCUT2D eigenvalue weighted by Crippen LogP contribution is -2.39. The minimum Gasteiger partial charge on any atom is -0.508 e. The Kier molecular flexibility index (Phi) is 5.66. The fourth-order valence-corrected chi connectivity index (χ4v) is 2.51. The smallest absolute Gasteiger partial charge is 0.253 e. The molecule has 0 saturated carbocycles. The van der Waals surface area contributed by atoms with Gasteiger partial charge in [-0.05, 0) is 42.3 Å². The molecule has 6 heteroatoms. The number of aliphatic hydroxyl groups excluding tert-OH is 1. The van der Waals surface area contributed by atoms with Crippen LogP contribution in [0.5, 0.6) is 5.75 Å². The summed E-state index contributed by atoms with van der Waals surface area (Å²) in [5.41, 5.74) is 1.19. The number of hydrogen-bond donors (Lipinski definition) is 3. The summed E-state index contributed by atoms with van der Waals surface area (Å²) in [5, 5.41) is 22.1. The lowest BCUT2D eigenvalue weighted by molar-refractivity contribution is 0.0916. The van der Waals surface area contributed by atoms with Crippen LogP contribution in [0.1, 0.15) is 15.9 Å². The van der Waals surface area contributed by atoms with Crippen LogP contribution in [0.4, 0.5) is 0 Å². The maximum Gasteiger partial charge on any atom is 0.253 e. The molecule has 0 aliphatic carbocycles. The van der Waals surface area contributed by atoms with Gasteiger partial charge in [0.2, 0.25) is 0 Å². The van der Waals surface area contributed by atoms with E-state index in [9.17, 15) is 15.0 Å². The standard InChI is InChI=1S/C16H15Cl2NO3/c17-11-3-6-14(15(18)8-11)16(22)19-12(9-20)7-10-1-4-13(21)5-2-10/h1-6,8,12,20-21H,7,9H2,(H,19,22)/t12-/m0/s1. The molecule has 1 atom stereocenters. The van der Waals surface area contributed by atoms with Crippen molar-refractivity contribution < 1.29 is 15.0 Å². The molecule has 0 unspecified atom stereocenters. The van der Waals surface area contributed by atoms with Gasteiger partial charge in [-0.2, -0.15) is 0 Å². The van der Waals surface area contributed by atoms with Crippen LogP contribution in [-0.2, 0) is 6.42 Å². The molecule has 0 bridgehead atoms. The number of phenols is 1. The van der Waals surface area contributed by atoms with Crippen LogP contribution in [-0.4, -0.2) is 28.8 Å². The van der Waals surface area contributed by atoms with Crippen molar-refractivity contribution in [1.29, 1.82) is 0 Å². The Balaban J connectivity index is 2.06. The largest absolute Gasteiger partial charge is 0.508 e. The first-order valence-electron chi connectivity index (χ1n) is 6.64. The number of rotatable bonds is 5. The molecule has 0 radical (unpaired) electrons. The Hall–Kier alpha value is -1.75. The first kappa shape index (κ1) is 16.6. The van der Waals surface area contributed by atoms with Crippen LogP contribution >= 0.6 is 23.2 Å². The summed E-state index contributed by atoms with van der Waals surface area (Å²) in [6, 6.07) is 10.7. The van der Waals surface area contributed by atoms with Crippen molar-refractivity contribution in [2.75, 3.05) is 6.61 Å². The molecule has 22 heavy (non-hydrogen) atoms. The summed E-state index contributed by atoms with van der Waals surface area (Å²) in [6.45, 7) is -0.210. The van der Waals surface area contributed by atoms with Crippen molar-refractivity contribution >= 4 is 29.1 Å². The number of hydrogen-bond acceptors (Lipinski definition) is 3. The van der Waals surface area contributed by atoms with Crippen molar-refractivity contribution in [3.05, 3.63) is 63.6 Å². The third-order valence-corrected chi connectivity index (χ3v) is 3.70. The fourth-order valence-electron chi connectivity index (χ4n) is 2.01. The van der Waals surface area contributed by atoms with Gasteiger partial charge in [-0.25, -0.2) is 0 Å². The quantitative estimate of drug-likeness (QED) is 0.784. The SMILES string of the molecule is O=C(N[C@H](CO)Cc1ccc(O)cc1)c1ccc(Cl)cc1Cl. The molecule has 2 aromatic carbocycles. The summed E-state index contributed by atoms with van der Waals surface area (Å²) < 4.78 is 0. The number of nitrogens with one attached hydrogen (secondary N) is 1. The molecule has 0 saturated heterocycles. The Morgan fingerprint density at radius 1 is 1.14 bits per heavy atom. The van der Waals surface area contributed by atoms with Crippen molar-refractivity contribution in [1.82, 2.24) is 5.32 Å². The Morgan fingerprint density at radius 2 is 1.82 bits per heavy atom. The molecule has 1 amide bonds. The molecule has 0 heterocycles. The highest BCUT2D eigenvalue weighted by molar-refractivity contribution is 6.36. The van der Waals surface area contributed by atoms with Crippen molar-refractivity contribution in [2.45, 2.75) is 12.5 Å². The van der Waals surface area contributed by atoms with E-state index in [0.717, 1.165) is 5.56 Å². The molecule has 0 fully saturated rings. The van der Waals surface area contributed by atoms with E-state index < -0.39 is 6.04 Å². The van der Waals surface area contributed by atoms with E-state index in [1.54, 1.807) is 30.3 Å². The monoisotopic (exact) mass is 339 g/mol. The second-order valence-electron chi connectivity index (χ2n) is 4.85. The predicted octanol–water partition coefficient (Wildman–Crippen LogP) is 3.03. The van der Waals surface area contributed by atoms with Gasteiger partial charge in [0.05, 0.1) is 23.2 Å². The van der Waals surface area contributed by atoms with Crippen LogP contribution in [0, 0.1) is 0 Å². The second kappa shape index (κ2) is 7.49. The fraction of sp³-hybridized carbons (Fsp3) is 0.188. The number of amides is 1. The number of aliphatic hydroxyl groups is 1. The Labute approximate surface area is 138 Å². The van der Waals surface area contributed by atoms with Gasteiger partial charge in [0.15, 0.2) is 0 Å². The maximum absolute atomic E-state index is 12.2. The summed E-state index contributed by atoms with van der Waals surface area (Å²) in [6.07, 6.45) is 0.438. The molecule has 2 aromatic rings. The molecular formula is C16H15Cl2NO3. The maximum atomic E-state index is 12.2. The molecule has 0 aromatic heterocycles. The molecule has 0 aliphatic rings. The van der Waals surface area contributed by atoms with Gasteiger partial charge >= 0.3 is 0 Å². The Morgan fingerprint density at radius 3 is 2.41 bits per heavy atom. The number of carbonyl (C=O) groups is 1. The van der Waals surface area contributed by atoms with Gasteiger partial charge in [0, 0.05) is 5.02 Å². The zero-order valence-electron chi connectivity index (χ0n) is 11.6. The van der Waals surface area contributed by atoms with Crippen LogP contribution in [0.2, 0.25) is 10.0 Å². The molecule has 0 aliphatic heterocycles. The van der Waals surface area contributed by atoms with Crippen LogP contribution in [0.15, 0.2) is 42.5 Å². The molecule has 4 nitrogen and oxygen atoms in total. The molecule has 116 valence electrons. The molecule has 0 spiro atoms. The van der Waals surface area contributed by atoms with Gasteiger partial charge in [-0.3, -0.25) is 4.79 Å². The van der Waals surface area contributed by atoms with Gasteiger partial charge in [-0.15, -0.1) is 0 Å². The number of aromatic hydroxyl groups is 1. The number of halogens is 2. The third-order valence-electron chi connectivity index (χ3n) is 3.15. The third kappa shape index (κ3) is 4.37. The minimum absolute atomic E-state index is 0.168. The van der Waals surface area contributed by atoms with E-state index in [0.29, 0.717) is 17.0 Å². The average molecular weight is 340 g/mol. The summed E-state index contributed by atoms with van der Waals surface area (Å²) in [5.74, 6) is -0.208. The predicted molar refractivity (Wildman–Crippen MR) is 86.6 cm³/mol. The van der Waals surface area contributed by atoms with E-state index in [-0.39, 0.29) is 23.3 Å². The van der Waals surface area contributed by atoms with Crippen LogP contribution < -0.4 is 5.32 Å². The Bertz CT molecular complexity index is 659. The van der Waals surface area contributed by atoms with E-state index in [4.69, 9.17) is 23.2 Å². The molecule has 2 rings (SSSR count). The lowest BCUT2D eigenvalue weighted by atomic mass is 10.1. The van der Waals surface area contributed by atoms with Gasteiger partial charge in [-0.1, -0.05) is 35.3 Å². The van der Waals surface area contributed by atoms with Gasteiger partial charge in [0.25, 0.3) is 5.91 Å². The highest BCUT2D eigenvalue weighted by Gasteiger charge is 2.16. The first-order valence-corrected chi connectivity index (χ1v) is 7.40. The van der Waals surface area contributed by atoms with Gasteiger partial charge < -0.3 is 15.5 Å². The summed E-state index contributed by atoms with van der Waals surface area (Å²) in [4.78, 5) is 12.2. The van der Waals surface area contributed by atoms with Crippen molar-refractivity contribution in [3.63, 3.8) is 0 Å². The summed E-state index contributed by atoms with van der Waals surface area (Å²) in [7, 11) is 0. The zero-order valence-corrected chi connectivity index (χ0v) is 13.1. The minimum atomic E-state index is -0.455. The summed E-state index contributed by atoms with van der Waals surface area (Å²) >= 11 is 11.8. The van der Waals surface area contributed by atoms with E-state index in [1.807, 2.05) is 0 Å². The normalized spacial score (nSPS) is 12.0. The molecular weight excluding hydrogens is 325 g/mol. The number of phenolic OH excluding ortho intramolecular Hbond substituents is 1. The van der Waals surface area contributed by atoms with Crippen molar-refractivity contribution in [3.8, 4) is 5.75 Å². The van der Waals surface area contributed by atoms with E-state index >= 15 is 0 Å². The molecule has 3 N–H and O–H groups in total. The first-order chi connectivity index (χ1) is 10.5. The topological polar surface area (TPSA) is 69.6 Å². The van der Waals surface area contributed by atoms with Crippen LogP contribution in [0.25, 0.3) is 0 Å². The van der Waals surface area contributed by atoms with Crippen LogP contribution in [0.3, 0.4) is 0 Å². The average Bonchev–Trinajstić information content (AvgIpc) is 2.48. The van der Waals surface area contributed by atoms with Gasteiger partial charge in [0.1, 0.15) is 5.75 Å². The van der Waals surface area contributed by atoms with E-state index in [1.165, 1.54) is 12.1 Å². The number of benzene rings is 2. The second-order valence-corrected chi connectivity index (χ2v) is 5.69. The van der Waals surface area contributed by atoms with E-state index in [2.05, 4.69) is 5.32 Å². The van der Waals surface area contributed by atoms with Crippen molar-refractivity contribution in [2.24, 2.45) is 0 Å². The highest BCUT2D eigenvalue weighted by atomic mass is 35.5.